The summed E-state index contributed by atoms with van der Waals surface area (Å²) in [6, 6.07) is 22.9. The molecule has 0 amide bonds. The minimum absolute atomic E-state index is 0.0106. The first-order chi connectivity index (χ1) is 17.7. The summed E-state index contributed by atoms with van der Waals surface area (Å²) in [4.78, 5) is 28.1. The number of carbonyl (C=O) groups is 2. The van der Waals surface area contributed by atoms with Gasteiger partial charge < -0.3 is 14.9 Å². The highest BCUT2D eigenvalue weighted by atomic mass is 16.5. The van der Waals surface area contributed by atoms with Crippen LogP contribution < -0.4 is 4.74 Å². The van der Waals surface area contributed by atoms with Crippen molar-refractivity contribution in [2.24, 2.45) is 0 Å². The molecule has 3 aromatic carbocycles. The van der Waals surface area contributed by atoms with Crippen LogP contribution in [0.15, 0.2) is 72.8 Å². The van der Waals surface area contributed by atoms with Crippen LogP contribution in [0, 0.1) is 0 Å². The maximum atomic E-state index is 12.2. The summed E-state index contributed by atoms with van der Waals surface area (Å²) >= 11 is 0. The summed E-state index contributed by atoms with van der Waals surface area (Å²) in [5.74, 6) is -0.249. The van der Waals surface area contributed by atoms with E-state index in [0.717, 1.165) is 36.3 Å². The molecule has 0 aromatic heterocycles. The lowest BCUT2D eigenvalue weighted by atomic mass is 9.92. The molecule has 2 N–H and O–H groups in total. The number of hydrogen-bond donors (Lipinski definition) is 2. The van der Waals surface area contributed by atoms with Gasteiger partial charge in [-0.25, -0.2) is 4.79 Å². The summed E-state index contributed by atoms with van der Waals surface area (Å²) in [6.07, 6.45) is 0. The number of aromatic hydroxyl groups is 1. The van der Waals surface area contributed by atoms with Crippen LogP contribution in [0.5, 0.6) is 11.5 Å². The molecule has 7 heteroatoms. The average Bonchev–Trinajstić information content (AvgIpc) is 2.86. The van der Waals surface area contributed by atoms with Crippen LogP contribution in [-0.4, -0.2) is 63.5 Å². The molecular formula is C30H34N2O5. The lowest BCUT2D eigenvalue weighted by Crippen LogP contribution is -2.56. The number of ether oxygens (including phenoxy) is 1. The van der Waals surface area contributed by atoms with Gasteiger partial charge in [0.05, 0.1) is 6.04 Å². The fourth-order valence-corrected chi connectivity index (χ4v) is 5.12. The van der Waals surface area contributed by atoms with Crippen molar-refractivity contribution in [1.29, 1.82) is 0 Å². The first-order valence-corrected chi connectivity index (χ1v) is 12.5. The van der Waals surface area contributed by atoms with Crippen LogP contribution in [-0.2, 0) is 11.3 Å². The molecule has 0 aliphatic carbocycles. The van der Waals surface area contributed by atoms with Gasteiger partial charge in [-0.1, -0.05) is 42.5 Å². The standard InChI is InChI=1S/C30H34N2O5/c1-20-17-32(21(2)16-31(20)18-23-7-4-11-27(34)13-23)30(25-9-5-8-24(14-25)22(3)33)26-10-6-12-28(15-26)37-19-29(35)36/h4-15,20-21,30,34H,16-19H2,1-3H3,(H,35,36)/t20-,21+,30+/m1/s1. The van der Waals surface area contributed by atoms with Crippen LogP contribution in [0.4, 0.5) is 0 Å². The Morgan fingerprint density at radius 3 is 2.35 bits per heavy atom. The predicted octanol–water partition coefficient (Wildman–Crippen LogP) is 4.74. The van der Waals surface area contributed by atoms with Gasteiger partial charge in [-0.15, -0.1) is 0 Å². The van der Waals surface area contributed by atoms with Crippen LogP contribution in [0.25, 0.3) is 0 Å². The van der Waals surface area contributed by atoms with Gasteiger partial charge in [-0.2, -0.15) is 0 Å². The van der Waals surface area contributed by atoms with Crippen molar-refractivity contribution in [3.63, 3.8) is 0 Å². The number of carbonyl (C=O) groups excluding carboxylic acids is 1. The number of piperazine rings is 1. The largest absolute Gasteiger partial charge is 0.508 e. The van der Waals surface area contributed by atoms with Gasteiger partial charge in [0.1, 0.15) is 11.5 Å². The van der Waals surface area contributed by atoms with Gasteiger partial charge in [0, 0.05) is 37.3 Å². The highest BCUT2D eigenvalue weighted by Crippen LogP contribution is 2.35. The van der Waals surface area contributed by atoms with E-state index in [4.69, 9.17) is 9.84 Å². The molecule has 194 valence electrons. The monoisotopic (exact) mass is 502 g/mol. The number of ketones is 1. The van der Waals surface area contributed by atoms with E-state index < -0.39 is 12.6 Å². The van der Waals surface area contributed by atoms with Crippen molar-refractivity contribution in [3.05, 3.63) is 95.1 Å². The van der Waals surface area contributed by atoms with E-state index in [-0.39, 0.29) is 29.7 Å². The van der Waals surface area contributed by atoms with Crippen molar-refractivity contribution in [1.82, 2.24) is 9.80 Å². The Hall–Kier alpha value is -3.68. The summed E-state index contributed by atoms with van der Waals surface area (Å²) in [7, 11) is 0. The molecule has 0 saturated carbocycles. The first-order valence-electron chi connectivity index (χ1n) is 12.5. The van der Waals surface area contributed by atoms with E-state index in [1.54, 1.807) is 19.1 Å². The maximum absolute atomic E-state index is 12.2. The second-order valence-electron chi connectivity index (χ2n) is 9.83. The molecule has 1 aliphatic heterocycles. The smallest absolute Gasteiger partial charge is 0.341 e. The molecule has 1 heterocycles. The Kier molecular flexibility index (Phi) is 8.26. The van der Waals surface area contributed by atoms with Gasteiger partial charge in [0.2, 0.25) is 0 Å². The number of Topliss-reactive ketones (excluding diaryl/α,β-unsaturated/α-hetero) is 1. The highest BCUT2D eigenvalue weighted by Gasteiger charge is 2.35. The van der Waals surface area contributed by atoms with Crippen LogP contribution in [0.1, 0.15) is 53.9 Å². The molecule has 3 atom stereocenters. The lowest BCUT2D eigenvalue weighted by molar-refractivity contribution is -0.139. The topological polar surface area (TPSA) is 90.3 Å². The fourth-order valence-electron chi connectivity index (χ4n) is 5.12. The van der Waals surface area contributed by atoms with E-state index in [0.29, 0.717) is 11.3 Å². The molecule has 4 rings (SSSR count). The van der Waals surface area contributed by atoms with Gasteiger partial charge >= 0.3 is 5.97 Å². The molecule has 1 aliphatic rings. The van der Waals surface area contributed by atoms with Crippen LogP contribution in [0.3, 0.4) is 0 Å². The van der Waals surface area contributed by atoms with Crippen LogP contribution >= 0.6 is 0 Å². The zero-order chi connectivity index (χ0) is 26.5. The molecule has 1 saturated heterocycles. The number of hydrogen-bond acceptors (Lipinski definition) is 6. The molecule has 0 bridgehead atoms. The quantitative estimate of drug-likeness (QED) is 0.409. The number of phenols is 1. The molecule has 37 heavy (non-hydrogen) atoms. The van der Waals surface area contributed by atoms with E-state index in [1.165, 1.54) is 0 Å². The van der Waals surface area contributed by atoms with Crippen molar-refractivity contribution in [2.75, 3.05) is 19.7 Å². The molecule has 0 unspecified atom stereocenters. The lowest BCUT2D eigenvalue weighted by Gasteiger charge is -2.47. The Labute approximate surface area is 217 Å². The summed E-state index contributed by atoms with van der Waals surface area (Å²) in [6.45, 7) is 7.93. The molecule has 0 spiro atoms. The van der Waals surface area contributed by atoms with E-state index in [2.05, 4.69) is 23.6 Å². The maximum Gasteiger partial charge on any atom is 0.341 e. The number of phenolic OH excluding ortho intramolecular Hbond substituents is 1. The average molecular weight is 503 g/mol. The number of aliphatic carboxylic acids is 1. The summed E-state index contributed by atoms with van der Waals surface area (Å²) in [5.41, 5.74) is 3.71. The third-order valence-corrected chi connectivity index (χ3v) is 6.94. The Morgan fingerprint density at radius 1 is 0.946 bits per heavy atom. The second kappa shape index (κ2) is 11.6. The Morgan fingerprint density at radius 2 is 1.65 bits per heavy atom. The number of nitrogens with zero attached hydrogens (tertiary/aromatic N) is 2. The molecule has 1 fully saturated rings. The number of carboxylic acid groups (broad SMARTS) is 1. The van der Waals surface area contributed by atoms with Gasteiger partial charge in [0.25, 0.3) is 0 Å². The number of carboxylic acids is 1. The first kappa shape index (κ1) is 26.4. The minimum Gasteiger partial charge on any atom is -0.508 e. The van der Waals surface area contributed by atoms with Crippen molar-refractivity contribution >= 4 is 11.8 Å². The van der Waals surface area contributed by atoms with E-state index >= 15 is 0 Å². The Bertz CT molecular complexity index is 1260. The fraction of sp³-hybridized carbons (Fsp3) is 0.333. The third-order valence-electron chi connectivity index (χ3n) is 6.94. The van der Waals surface area contributed by atoms with Crippen molar-refractivity contribution in [2.45, 2.75) is 45.4 Å². The molecule has 3 aromatic rings. The Balaban J connectivity index is 1.66. The van der Waals surface area contributed by atoms with Crippen LogP contribution in [0.2, 0.25) is 0 Å². The molecular weight excluding hydrogens is 468 g/mol. The van der Waals surface area contributed by atoms with Gasteiger partial charge in [-0.3, -0.25) is 14.6 Å². The van der Waals surface area contributed by atoms with Crippen molar-refractivity contribution < 1.29 is 24.5 Å². The summed E-state index contributed by atoms with van der Waals surface area (Å²) in [5, 5.41) is 18.9. The summed E-state index contributed by atoms with van der Waals surface area (Å²) < 4.78 is 5.48. The molecule has 0 radical (unpaired) electrons. The van der Waals surface area contributed by atoms with Crippen molar-refractivity contribution in [3.8, 4) is 11.5 Å². The highest BCUT2D eigenvalue weighted by molar-refractivity contribution is 5.94. The minimum atomic E-state index is -1.03. The molecule has 7 nitrogen and oxygen atoms in total. The SMILES string of the molecule is CC(=O)c1cccc([C@@H](c2cccc(OCC(=O)O)c2)N2C[C@@H](C)N(Cc3cccc(O)c3)C[C@@H]2C)c1. The normalized spacial score (nSPS) is 19.3. The third kappa shape index (κ3) is 6.56. The predicted molar refractivity (Wildman–Crippen MR) is 142 cm³/mol. The van der Waals surface area contributed by atoms with E-state index in [1.807, 2.05) is 60.7 Å². The number of benzene rings is 3. The van der Waals surface area contributed by atoms with E-state index in [9.17, 15) is 14.7 Å². The zero-order valence-corrected chi connectivity index (χ0v) is 21.5. The van der Waals surface area contributed by atoms with Gasteiger partial charge in [-0.05, 0) is 67.8 Å². The zero-order valence-electron chi connectivity index (χ0n) is 21.5. The second-order valence-corrected chi connectivity index (χ2v) is 9.83. The van der Waals surface area contributed by atoms with Gasteiger partial charge in [0.15, 0.2) is 12.4 Å². The number of rotatable bonds is 9.